The van der Waals surface area contributed by atoms with Crippen LogP contribution in [0, 0.1) is 0 Å². The Bertz CT molecular complexity index is 643. The fourth-order valence-electron chi connectivity index (χ4n) is 2.64. The molecule has 1 aromatic carbocycles. The highest BCUT2D eigenvalue weighted by atomic mass is 32.2. The number of nitrogens with zero attached hydrogens (tertiary/aromatic N) is 1. The molecule has 1 heterocycles. The van der Waals surface area contributed by atoms with Gasteiger partial charge >= 0.3 is 0 Å². The van der Waals surface area contributed by atoms with Crippen molar-refractivity contribution in [1.82, 2.24) is 4.31 Å². The second-order valence-electron chi connectivity index (χ2n) is 7.13. The van der Waals surface area contributed by atoms with E-state index in [1.165, 1.54) is 4.31 Å². The number of unbranched alkanes of at least 4 members (excludes halogenated alkanes) is 1. The minimum absolute atomic E-state index is 0.196. The van der Waals surface area contributed by atoms with Gasteiger partial charge in [0.15, 0.2) is 0 Å². The van der Waals surface area contributed by atoms with Crippen LogP contribution in [-0.4, -0.2) is 45.6 Å². The van der Waals surface area contributed by atoms with Gasteiger partial charge in [0.25, 0.3) is 0 Å². The van der Waals surface area contributed by atoms with Gasteiger partial charge < -0.3 is 9.47 Å². The predicted molar refractivity (Wildman–Crippen MR) is 95.1 cm³/mol. The maximum atomic E-state index is 12.9. The molecule has 0 aliphatic carbocycles. The molecule has 0 N–H and O–H groups in total. The normalized spacial score (nSPS) is 17.0. The Labute approximate surface area is 146 Å². The quantitative estimate of drug-likeness (QED) is 0.736. The fraction of sp³-hybridized carbons (Fsp3) is 0.667. The molecule has 1 aliphatic rings. The average Bonchev–Trinajstić information content (AvgIpc) is 2.55. The van der Waals surface area contributed by atoms with Crippen molar-refractivity contribution in [2.75, 3.05) is 32.9 Å². The molecule has 0 unspecified atom stereocenters. The summed E-state index contributed by atoms with van der Waals surface area (Å²) in [5.74, 6) is 0.775. The van der Waals surface area contributed by atoms with E-state index in [9.17, 15) is 8.42 Å². The first-order valence-corrected chi connectivity index (χ1v) is 10.1. The minimum Gasteiger partial charge on any atom is -0.493 e. The molecule has 0 spiro atoms. The second kappa shape index (κ2) is 7.85. The van der Waals surface area contributed by atoms with Crippen LogP contribution in [-0.2, 0) is 20.2 Å². The third-order valence-corrected chi connectivity index (χ3v) is 6.02. The van der Waals surface area contributed by atoms with Crippen LogP contribution in [0.3, 0.4) is 0 Å². The molecule has 24 heavy (non-hydrogen) atoms. The molecule has 1 aromatic rings. The van der Waals surface area contributed by atoms with Gasteiger partial charge in [-0.25, -0.2) is 8.42 Å². The lowest BCUT2D eigenvalue weighted by atomic mass is 9.86. The van der Waals surface area contributed by atoms with E-state index in [0.29, 0.717) is 37.8 Å². The summed E-state index contributed by atoms with van der Waals surface area (Å²) in [6, 6.07) is 5.22. The van der Waals surface area contributed by atoms with Crippen molar-refractivity contribution >= 4 is 10.0 Å². The summed E-state index contributed by atoms with van der Waals surface area (Å²) in [7, 11) is -3.49. The average molecular weight is 356 g/mol. The van der Waals surface area contributed by atoms with Crippen LogP contribution >= 0.6 is 0 Å². The number of sulfonamides is 1. The Morgan fingerprint density at radius 3 is 2.46 bits per heavy atom. The van der Waals surface area contributed by atoms with E-state index in [2.05, 4.69) is 27.7 Å². The van der Waals surface area contributed by atoms with E-state index in [4.69, 9.17) is 9.47 Å². The Kier molecular flexibility index (Phi) is 6.28. The molecule has 1 aliphatic heterocycles. The van der Waals surface area contributed by atoms with Gasteiger partial charge in [-0.1, -0.05) is 34.1 Å². The molecule has 2 rings (SSSR count). The Hall–Kier alpha value is -1.11. The zero-order valence-corrected chi connectivity index (χ0v) is 16.0. The molecule has 0 amide bonds. The van der Waals surface area contributed by atoms with Gasteiger partial charge in [0.05, 0.1) is 24.7 Å². The molecular formula is C18H29NO4S. The summed E-state index contributed by atoms with van der Waals surface area (Å²) in [4.78, 5) is 0.331. The first-order valence-electron chi connectivity index (χ1n) is 8.62. The molecule has 6 heteroatoms. The SMILES string of the molecule is CCCCOc1ccc(S(=O)(=O)N2CCOCC2)cc1C(C)(C)C. The number of ether oxygens (including phenoxy) is 2. The molecule has 0 aromatic heterocycles. The summed E-state index contributed by atoms with van der Waals surface area (Å²) in [5.41, 5.74) is 0.728. The number of morpholine rings is 1. The zero-order valence-electron chi connectivity index (χ0n) is 15.2. The number of hydrogen-bond donors (Lipinski definition) is 0. The second-order valence-corrected chi connectivity index (χ2v) is 9.06. The van der Waals surface area contributed by atoms with Gasteiger partial charge in [-0.15, -0.1) is 0 Å². The van der Waals surface area contributed by atoms with Crippen LogP contribution < -0.4 is 4.74 Å². The standard InChI is InChI=1S/C18H29NO4S/c1-5-6-11-23-17-8-7-15(14-16(17)18(2,3)4)24(20,21)19-9-12-22-13-10-19/h7-8,14H,5-6,9-13H2,1-4H3. The van der Waals surface area contributed by atoms with Gasteiger partial charge in [0.1, 0.15) is 5.75 Å². The van der Waals surface area contributed by atoms with Gasteiger partial charge in [-0.05, 0) is 30.0 Å². The Balaban J connectivity index is 2.34. The van der Waals surface area contributed by atoms with Gasteiger partial charge in [0, 0.05) is 18.7 Å². The van der Waals surface area contributed by atoms with E-state index in [-0.39, 0.29) is 5.41 Å². The number of rotatable bonds is 6. The van der Waals surface area contributed by atoms with Gasteiger partial charge in [-0.3, -0.25) is 0 Å². The molecule has 5 nitrogen and oxygen atoms in total. The Morgan fingerprint density at radius 1 is 1.21 bits per heavy atom. The lowest BCUT2D eigenvalue weighted by molar-refractivity contribution is 0.0730. The largest absolute Gasteiger partial charge is 0.493 e. The first-order chi connectivity index (χ1) is 11.3. The number of hydrogen-bond acceptors (Lipinski definition) is 4. The van der Waals surface area contributed by atoms with E-state index in [0.717, 1.165) is 24.2 Å². The monoisotopic (exact) mass is 355 g/mol. The zero-order chi connectivity index (χ0) is 17.8. The van der Waals surface area contributed by atoms with E-state index < -0.39 is 10.0 Å². The van der Waals surface area contributed by atoms with E-state index in [1.807, 2.05) is 0 Å². The maximum Gasteiger partial charge on any atom is 0.243 e. The van der Waals surface area contributed by atoms with E-state index in [1.54, 1.807) is 18.2 Å². The van der Waals surface area contributed by atoms with Crippen molar-refractivity contribution in [2.45, 2.75) is 50.8 Å². The summed E-state index contributed by atoms with van der Waals surface area (Å²) in [6.07, 6.45) is 2.05. The molecular weight excluding hydrogens is 326 g/mol. The third kappa shape index (κ3) is 4.49. The molecule has 0 radical (unpaired) electrons. The van der Waals surface area contributed by atoms with Crippen molar-refractivity contribution in [2.24, 2.45) is 0 Å². The highest BCUT2D eigenvalue weighted by Crippen LogP contribution is 2.34. The topological polar surface area (TPSA) is 55.8 Å². The van der Waals surface area contributed by atoms with Crippen molar-refractivity contribution in [3.05, 3.63) is 23.8 Å². The molecule has 0 bridgehead atoms. The van der Waals surface area contributed by atoms with Crippen LogP contribution in [0.15, 0.2) is 23.1 Å². The Morgan fingerprint density at radius 2 is 1.88 bits per heavy atom. The fourth-order valence-corrected chi connectivity index (χ4v) is 4.08. The summed E-state index contributed by atoms with van der Waals surface area (Å²) < 4.78 is 38.4. The van der Waals surface area contributed by atoms with Crippen LogP contribution in [0.25, 0.3) is 0 Å². The molecule has 1 fully saturated rings. The minimum atomic E-state index is -3.49. The summed E-state index contributed by atoms with van der Waals surface area (Å²) in [6.45, 7) is 10.7. The molecule has 1 saturated heterocycles. The lowest BCUT2D eigenvalue weighted by Crippen LogP contribution is -2.40. The maximum absolute atomic E-state index is 12.9. The van der Waals surface area contributed by atoms with Crippen LogP contribution in [0.5, 0.6) is 5.75 Å². The van der Waals surface area contributed by atoms with Crippen molar-refractivity contribution in [3.8, 4) is 5.75 Å². The van der Waals surface area contributed by atoms with Crippen molar-refractivity contribution in [3.63, 3.8) is 0 Å². The van der Waals surface area contributed by atoms with Crippen LogP contribution in [0.1, 0.15) is 46.1 Å². The molecule has 0 saturated carbocycles. The molecule has 0 atom stereocenters. The third-order valence-electron chi connectivity index (χ3n) is 4.12. The van der Waals surface area contributed by atoms with Crippen molar-refractivity contribution < 1.29 is 17.9 Å². The van der Waals surface area contributed by atoms with Crippen molar-refractivity contribution in [1.29, 1.82) is 0 Å². The highest BCUT2D eigenvalue weighted by molar-refractivity contribution is 7.89. The predicted octanol–water partition coefficient (Wildman–Crippen LogP) is 3.18. The van der Waals surface area contributed by atoms with Crippen LogP contribution in [0.2, 0.25) is 0 Å². The van der Waals surface area contributed by atoms with Crippen LogP contribution in [0.4, 0.5) is 0 Å². The molecule has 136 valence electrons. The van der Waals surface area contributed by atoms with E-state index >= 15 is 0 Å². The lowest BCUT2D eigenvalue weighted by Gasteiger charge is -2.28. The highest BCUT2D eigenvalue weighted by Gasteiger charge is 2.29. The number of benzene rings is 1. The summed E-state index contributed by atoms with van der Waals surface area (Å²) in [5, 5.41) is 0. The first kappa shape index (κ1) is 19.2. The smallest absolute Gasteiger partial charge is 0.243 e. The summed E-state index contributed by atoms with van der Waals surface area (Å²) >= 11 is 0. The van der Waals surface area contributed by atoms with Gasteiger partial charge in [0.2, 0.25) is 10.0 Å². The van der Waals surface area contributed by atoms with Gasteiger partial charge in [-0.2, -0.15) is 4.31 Å².